The number of carbonyl (C=O) groups excluding carboxylic acids is 2. The Balaban J connectivity index is 1.37. The van der Waals surface area contributed by atoms with E-state index in [2.05, 4.69) is 33.4 Å². The monoisotopic (exact) mass is 632 g/mol. The van der Waals surface area contributed by atoms with Crippen LogP contribution >= 0.6 is 11.6 Å². The third-order valence-electron chi connectivity index (χ3n) is 9.19. The van der Waals surface area contributed by atoms with Crippen molar-refractivity contribution in [2.24, 2.45) is 7.05 Å². The number of aromatic nitrogens is 3. The molecule has 0 bridgehead atoms. The van der Waals surface area contributed by atoms with Gasteiger partial charge in [0.1, 0.15) is 11.7 Å². The lowest BCUT2D eigenvalue weighted by molar-refractivity contribution is 0.0389. The zero-order chi connectivity index (χ0) is 31.7. The number of piperazine rings is 1. The van der Waals surface area contributed by atoms with Crippen molar-refractivity contribution in [2.75, 3.05) is 26.2 Å². The lowest BCUT2D eigenvalue weighted by atomic mass is 9.90. The Morgan fingerprint density at radius 1 is 1.13 bits per heavy atom. The van der Waals surface area contributed by atoms with Gasteiger partial charge in [-0.1, -0.05) is 37.6 Å². The summed E-state index contributed by atoms with van der Waals surface area (Å²) >= 11 is 6.68. The van der Waals surface area contributed by atoms with Gasteiger partial charge in [0.05, 0.1) is 36.0 Å². The smallest absolute Gasteiger partial charge is 0.410 e. The van der Waals surface area contributed by atoms with Crippen LogP contribution in [0.25, 0.3) is 11.6 Å². The van der Waals surface area contributed by atoms with Crippen LogP contribution in [0.4, 0.5) is 9.59 Å². The largest absolute Gasteiger partial charge is 0.446 e. The number of imidazole rings is 1. The molecule has 1 saturated heterocycles. The predicted molar refractivity (Wildman–Crippen MR) is 173 cm³/mol. The fraction of sp³-hybridized carbons (Fsp3) is 0.471. The summed E-state index contributed by atoms with van der Waals surface area (Å²) in [7, 11) is 1.91. The van der Waals surface area contributed by atoms with Crippen LogP contribution in [-0.2, 0) is 16.5 Å². The first-order valence-corrected chi connectivity index (χ1v) is 16.2. The minimum Gasteiger partial charge on any atom is -0.446 e. The van der Waals surface area contributed by atoms with Gasteiger partial charge < -0.3 is 24.3 Å². The van der Waals surface area contributed by atoms with Crippen LogP contribution in [0.5, 0.6) is 0 Å². The highest BCUT2D eigenvalue weighted by molar-refractivity contribution is 6.30. The fourth-order valence-corrected chi connectivity index (χ4v) is 6.41. The number of ether oxygens (including phenoxy) is 2. The number of halogens is 1. The third kappa shape index (κ3) is 6.58. The summed E-state index contributed by atoms with van der Waals surface area (Å²) in [5, 5.41) is 3.74. The first-order chi connectivity index (χ1) is 21.7. The number of nitrogens with one attached hydrogen (secondary N) is 1. The maximum Gasteiger partial charge on any atom is 0.410 e. The number of amides is 2. The van der Waals surface area contributed by atoms with E-state index in [0.717, 1.165) is 59.3 Å². The van der Waals surface area contributed by atoms with E-state index < -0.39 is 17.7 Å². The molecule has 2 amide bonds. The molecule has 2 aliphatic carbocycles. The predicted octanol–water partition coefficient (Wildman–Crippen LogP) is 6.37. The van der Waals surface area contributed by atoms with Crippen LogP contribution in [0, 0.1) is 0 Å². The Hall–Kier alpha value is -3.89. The van der Waals surface area contributed by atoms with Gasteiger partial charge in [0, 0.05) is 44.4 Å². The molecule has 6 rings (SSSR count). The van der Waals surface area contributed by atoms with Crippen molar-refractivity contribution in [3.05, 3.63) is 82.2 Å². The average Bonchev–Trinajstić information content (AvgIpc) is 3.64. The van der Waals surface area contributed by atoms with Crippen molar-refractivity contribution in [2.45, 2.75) is 70.2 Å². The molecule has 3 aromatic rings. The summed E-state index contributed by atoms with van der Waals surface area (Å²) in [6, 6.07) is 9.11. The molecular weight excluding hydrogens is 592 g/mol. The van der Waals surface area contributed by atoms with Crippen LogP contribution in [-0.4, -0.2) is 74.4 Å². The van der Waals surface area contributed by atoms with E-state index in [-0.39, 0.29) is 18.2 Å². The molecule has 45 heavy (non-hydrogen) atoms. The highest BCUT2D eigenvalue weighted by atomic mass is 35.5. The Labute approximate surface area is 269 Å². The number of aryl methyl sites for hydroxylation is 1. The molecule has 2 fully saturated rings. The van der Waals surface area contributed by atoms with Crippen LogP contribution in [0.1, 0.15) is 86.6 Å². The lowest BCUT2D eigenvalue weighted by Gasteiger charge is -2.39. The first kappa shape index (κ1) is 31.1. The standard InChI is InChI=1S/C34H41ClN6O4/c1-5-24(6-2)44-33(43)41-16-14-40(15-17-41)31-25-10-9-23(35)19-26(25)27(18-22-8-7-13-37-29(22)31)30(28-20-36-21-39(28)4)38-32(42)45-34(3)11-12-34/h7-10,13,18-21,24,30-31H,5-6,11-12,14-17H2,1-4H3,(H,38,42). The van der Waals surface area contributed by atoms with Gasteiger partial charge in [-0.25, -0.2) is 14.6 Å². The fourth-order valence-electron chi connectivity index (χ4n) is 6.24. The number of fused-ring (bicyclic) bond motifs is 2. The van der Waals surface area contributed by atoms with Gasteiger partial charge in [-0.2, -0.15) is 0 Å². The van der Waals surface area contributed by atoms with Crippen LogP contribution in [0.3, 0.4) is 0 Å². The van der Waals surface area contributed by atoms with Crippen molar-refractivity contribution < 1.29 is 19.1 Å². The maximum atomic E-state index is 13.3. The number of carbonyl (C=O) groups is 2. The van der Waals surface area contributed by atoms with Gasteiger partial charge in [-0.05, 0) is 79.1 Å². The Morgan fingerprint density at radius 2 is 1.89 bits per heavy atom. The normalized spacial score (nSPS) is 19.6. The average molecular weight is 633 g/mol. The molecular formula is C34H41ClN6O4. The van der Waals surface area contributed by atoms with Gasteiger partial charge in [0.25, 0.3) is 0 Å². The first-order valence-electron chi connectivity index (χ1n) is 15.8. The third-order valence-corrected chi connectivity index (χ3v) is 9.43. The van der Waals surface area contributed by atoms with Crippen LogP contribution < -0.4 is 5.32 Å². The summed E-state index contributed by atoms with van der Waals surface area (Å²) in [5.41, 5.74) is 5.01. The second-order valence-electron chi connectivity index (χ2n) is 12.4. The topological polar surface area (TPSA) is 102 Å². The molecule has 2 aromatic heterocycles. The molecule has 2 unspecified atom stereocenters. The maximum absolute atomic E-state index is 13.3. The molecule has 11 heteroatoms. The quantitative estimate of drug-likeness (QED) is 0.308. The van der Waals surface area contributed by atoms with Gasteiger partial charge in [0.15, 0.2) is 0 Å². The number of rotatable bonds is 8. The van der Waals surface area contributed by atoms with E-state index >= 15 is 0 Å². The van der Waals surface area contributed by atoms with E-state index in [1.54, 1.807) is 17.4 Å². The van der Waals surface area contributed by atoms with E-state index in [1.165, 1.54) is 0 Å². The zero-order valence-electron chi connectivity index (χ0n) is 26.3. The summed E-state index contributed by atoms with van der Waals surface area (Å²) < 4.78 is 13.5. The number of benzene rings is 1. The SMILES string of the molecule is CCC(CC)OC(=O)N1CCN(C2c3ccc(Cl)cc3C(C(NC(=O)OC3(C)CC3)c3cncn3C)=Cc3cccnc32)CC1. The van der Waals surface area contributed by atoms with Crippen molar-refractivity contribution in [3.8, 4) is 0 Å². The van der Waals surface area contributed by atoms with E-state index in [0.29, 0.717) is 31.2 Å². The second kappa shape index (κ2) is 12.8. The summed E-state index contributed by atoms with van der Waals surface area (Å²) in [4.78, 5) is 39.7. The zero-order valence-corrected chi connectivity index (χ0v) is 27.1. The van der Waals surface area contributed by atoms with E-state index in [1.807, 2.05) is 56.8 Å². The molecule has 1 saturated carbocycles. The number of hydrogen-bond donors (Lipinski definition) is 1. The number of pyridine rings is 1. The molecule has 1 N–H and O–H groups in total. The highest BCUT2D eigenvalue weighted by Gasteiger charge is 2.43. The molecule has 3 aliphatic rings. The van der Waals surface area contributed by atoms with Gasteiger partial charge in [-0.3, -0.25) is 9.88 Å². The van der Waals surface area contributed by atoms with Gasteiger partial charge >= 0.3 is 12.2 Å². The van der Waals surface area contributed by atoms with Crippen molar-refractivity contribution in [1.82, 2.24) is 29.7 Å². The molecule has 1 aliphatic heterocycles. The van der Waals surface area contributed by atoms with Gasteiger partial charge in [0.2, 0.25) is 0 Å². The molecule has 0 spiro atoms. The van der Waals surface area contributed by atoms with Crippen LogP contribution in [0.15, 0.2) is 49.1 Å². The second-order valence-corrected chi connectivity index (χ2v) is 12.8. The Kier molecular flexibility index (Phi) is 8.88. The summed E-state index contributed by atoms with van der Waals surface area (Å²) in [6.45, 7) is 8.40. The number of hydrogen-bond acceptors (Lipinski definition) is 7. The molecule has 3 heterocycles. The lowest BCUT2D eigenvalue weighted by Crippen LogP contribution is -2.50. The molecule has 10 nitrogen and oxygen atoms in total. The Bertz CT molecular complexity index is 1590. The molecule has 238 valence electrons. The van der Waals surface area contributed by atoms with Gasteiger partial charge in [-0.15, -0.1) is 0 Å². The minimum atomic E-state index is -0.576. The highest BCUT2D eigenvalue weighted by Crippen LogP contribution is 2.45. The molecule has 2 atom stereocenters. The number of alkyl carbamates (subject to hydrolysis) is 1. The van der Waals surface area contributed by atoms with Crippen molar-refractivity contribution in [3.63, 3.8) is 0 Å². The van der Waals surface area contributed by atoms with Crippen LogP contribution in [0.2, 0.25) is 5.02 Å². The number of nitrogens with zero attached hydrogens (tertiary/aromatic N) is 5. The van der Waals surface area contributed by atoms with E-state index in [4.69, 9.17) is 26.1 Å². The summed E-state index contributed by atoms with van der Waals surface area (Å²) in [5.74, 6) is 0. The minimum absolute atomic E-state index is 0.0695. The van der Waals surface area contributed by atoms with Crippen molar-refractivity contribution in [1.29, 1.82) is 0 Å². The molecule has 0 radical (unpaired) electrons. The van der Waals surface area contributed by atoms with E-state index in [9.17, 15) is 9.59 Å². The molecule has 1 aromatic carbocycles. The Morgan fingerprint density at radius 3 is 2.56 bits per heavy atom. The van der Waals surface area contributed by atoms with Crippen molar-refractivity contribution >= 4 is 35.4 Å². The summed E-state index contributed by atoms with van der Waals surface area (Å²) in [6.07, 6.45) is 9.89.